The number of β-amino-alcohol motifs (C(OH)–C–C–N with tert-alkyl or cyclic N) is 1. The number of carbonyl (C=O) groups is 2. The lowest BCUT2D eigenvalue weighted by Gasteiger charge is -2.36. The first-order chi connectivity index (χ1) is 11.1. The number of amides is 2. The van der Waals surface area contributed by atoms with Crippen molar-refractivity contribution in [3.63, 3.8) is 0 Å². The molecule has 7 nitrogen and oxygen atoms in total. The minimum Gasteiger partial charge on any atom is -0.445 e. The molecule has 2 fully saturated rings. The molecule has 23 heavy (non-hydrogen) atoms. The monoisotopic (exact) mass is 343 g/mol. The van der Waals surface area contributed by atoms with Crippen LogP contribution in [0.5, 0.6) is 0 Å². The fourth-order valence-electron chi connectivity index (χ4n) is 3.01. The molecule has 130 valence electrons. The molecule has 0 radical (unpaired) electrons. The summed E-state index contributed by atoms with van der Waals surface area (Å²) in [5, 5.41) is 8.95. The molecule has 0 aromatic rings. The van der Waals surface area contributed by atoms with Gasteiger partial charge in [-0.25, -0.2) is 4.79 Å². The third-order valence-electron chi connectivity index (χ3n) is 4.22. The SMILES string of the molecule is C=CCOC(=O)N1C[C@@H](S)C[C@H]1C(=O)N1CCN(CCO)CC1. The Kier molecular flexibility index (Phi) is 6.73. The van der Waals surface area contributed by atoms with Crippen molar-refractivity contribution in [2.24, 2.45) is 0 Å². The average Bonchev–Trinajstić information content (AvgIpc) is 2.95. The highest BCUT2D eigenvalue weighted by Gasteiger charge is 2.41. The lowest BCUT2D eigenvalue weighted by Crippen LogP contribution is -2.54. The standard InChI is InChI=1S/C15H25N3O4S/c1-2-9-22-15(21)18-11-12(23)10-13(18)14(20)17-5-3-16(4-6-17)7-8-19/h2,12-13,19,23H,1,3-11H2/t12-,13-/m0/s1. The van der Waals surface area contributed by atoms with Crippen molar-refractivity contribution >= 4 is 24.6 Å². The van der Waals surface area contributed by atoms with Crippen LogP contribution in [0.25, 0.3) is 0 Å². The number of hydrogen-bond acceptors (Lipinski definition) is 6. The van der Waals surface area contributed by atoms with Gasteiger partial charge in [-0.05, 0) is 6.42 Å². The second-order valence-corrected chi connectivity index (χ2v) is 6.54. The van der Waals surface area contributed by atoms with E-state index in [1.807, 2.05) is 0 Å². The first-order valence-corrected chi connectivity index (χ1v) is 8.42. The van der Waals surface area contributed by atoms with E-state index >= 15 is 0 Å². The zero-order valence-corrected chi connectivity index (χ0v) is 14.2. The van der Waals surface area contributed by atoms with Crippen molar-refractivity contribution in [2.75, 3.05) is 52.5 Å². The summed E-state index contributed by atoms with van der Waals surface area (Å²) < 4.78 is 5.07. The van der Waals surface area contributed by atoms with Crippen molar-refractivity contribution < 1.29 is 19.4 Å². The molecule has 1 N–H and O–H groups in total. The van der Waals surface area contributed by atoms with Gasteiger partial charge in [-0.15, -0.1) is 0 Å². The van der Waals surface area contributed by atoms with Crippen molar-refractivity contribution in [2.45, 2.75) is 17.7 Å². The molecule has 0 saturated carbocycles. The van der Waals surface area contributed by atoms with Crippen LogP contribution in [-0.4, -0.2) is 95.6 Å². The largest absolute Gasteiger partial charge is 0.445 e. The Balaban J connectivity index is 1.94. The number of aliphatic hydroxyl groups excluding tert-OH is 1. The number of nitrogens with zero attached hydrogens (tertiary/aromatic N) is 3. The van der Waals surface area contributed by atoms with Crippen molar-refractivity contribution in [3.05, 3.63) is 12.7 Å². The van der Waals surface area contributed by atoms with E-state index in [0.717, 1.165) is 13.1 Å². The molecule has 0 aromatic carbocycles. The predicted molar refractivity (Wildman–Crippen MR) is 89.5 cm³/mol. The van der Waals surface area contributed by atoms with E-state index in [2.05, 4.69) is 24.1 Å². The topological polar surface area (TPSA) is 73.3 Å². The van der Waals surface area contributed by atoms with Gasteiger partial charge in [0.15, 0.2) is 0 Å². The summed E-state index contributed by atoms with van der Waals surface area (Å²) in [5.74, 6) is -0.0410. The molecule has 2 aliphatic heterocycles. The molecular formula is C15H25N3O4S. The van der Waals surface area contributed by atoms with Crippen LogP contribution in [0.15, 0.2) is 12.7 Å². The summed E-state index contributed by atoms with van der Waals surface area (Å²) in [6, 6.07) is -0.501. The molecule has 2 atom stereocenters. The van der Waals surface area contributed by atoms with Crippen molar-refractivity contribution in [1.29, 1.82) is 0 Å². The Morgan fingerprint density at radius 3 is 2.61 bits per heavy atom. The second-order valence-electron chi connectivity index (χ2n) is 5.81. The van der Waals surface area contributed by atoms with Gasteiger partial charge in [-0.3, -0.25) is 14.6 Å². The number of aliphatic hydroxyl groups is 1. The number of hydrogen-bond donors (Lipinski definition) is 2. The molecule has 2 rings (SSSR count). The van der Waals surface area contributed by atoms with Crippen LogP contribution in [0.4, 0.5) is 4.79 Å². The maximum atomic E-state index is 12.8. The van der Waals surface area contributed by atoms with Gasteiger partial charge in [0.2, 0.25) is 5.91 Å². The van der Waals surface area contributed by atoms with Crippen LogP contribution in [0, 0.1) is 0 Å². The maximum absolute atomic E-state index is 12.8. The number of rotatable bonds is 5. The molecule has 2 saturated heterocycles. The molecule has 0 bridgehead atoms. The summed E-state index contributed by atoms with van der Waals surface area (Å²) in [5.41, 5.74) is 0. The van der Waals surface area contributed by atoms with Crippen LogP contribution in [0.2, 0.25) is 0 Å². The predicted octanol–water partition coefficient (Wildman–Crippen LogP) is -0.182. The average molecular weight is 343 g/mol. The van der Waals surface area contributed by atoms with E-state index in [-0.39, 0.29) is 24.4 Å². The lowest BCUT2D eigenvalue weighted by molar-refractivity contribution is -0.137. The van der Waals surface area contributed by atoms with Crippen molar-refractivity contribution in [3.8, 4) is 0 Å². The molecule has 8 heteroatoms. The molecule has 2 aliphatic rings. The molecule has 0 unspecified atom stereocenters. The quantitative estimate of drug-likeness (QED) is 0.535. The fourth-order valence-corrected chi connectivity index (χ4v) is 3.38. The molecule has 2 amide bonds. The molecule has 2 heterocycles. The first-order valence-electron chi connectivity index (χ1n) is 7.91. The van der Waals surface area contributed by atoms with E-state index in [1.165, 1.54) is 11.0 Å². The van der Waals surface area contributed by atoms with Crippen LogP contribution >= 0.6 is 12.6 Å². The van der Waals surface area contributed by atoms with E-state index in [4.69, 9.17) is 9.84 Å². The van der Waals surface area contributed by atoms with Crippen LogP contribution < -0.4 is 0 Å². The lowest BCUT2D eigenvalue weighted by atomic mass is 10.1. The van der Waals surface area contributed by atoms with E-state index in [0.29, 0.717) is 32.6 Å². The molecule has 0 spiro atoms. The zero-order chi connectivity index (χ0) is 16.8. The molecular weight excluding hydrogens is 318 g/mol. The molecule has 0 aliphatic carbocycles. The zero-order valence-electron chi connectivity index (χ0n) is 13.3. The Morgan fingerprint density at radius 2 is 2.00 bits per heavy atom. The minimum absolute atomic E-state index is 0.0177. The van der Waals surface area contributed by atoms with Gasteiger partial charge in [0, 0.05) is 44.5 Å². The highest BCUT2D eigenvalue weighted by atomic mass is 32.1. The van der Waals surface area contributed by atoms with Crippen LogP contribution in [0.1, 0.15) is 6.42 Å². The summed E-state index contributed by atoms with van der Waals surface area (Å²) in [6.07, 6.45) is 1.56. The Morgan fingerprint density at radius 1 is 1.30 bits per heavy atom. The number of ether oxygens (including phenoxy) is 1. The second kappa shape index (κ2) is 8.56. The third kappa shape index (κ3) is 4.62. The number of thiol groups is 1. The fraction of sp³-hybridized carbons (Fsp3) is 0.733. The summed E-state index contributed by atoms with van der Waals surface area (Å²) in [7, 11) is 0. The van der Waals surface area contributed by atoms with E-state index in [9.17, 15) is 9.59 Å². The normalized spacial score (nSPS) is 25.5. The van der Waals surface area contributed by atoms with Crippen LogP contribution in [0.3, 0.4) is 0 Å². The van der Waals surface area contributed by atoms with Crippen molar-refractivity contribution in [1.82, 2.24) is 14.7 Å². The summed E-state index contributed by atoms with van der Waals surface area (Å²) >= 11 is 4.42. The summed E-state index contributed by atoms with van der Waals surface area (Å²) in [6.45, 7) is 7.53. The smallest absolute Gasteiger partial charge is 0.410 e. The van der Waals surface area contributed by atoms with E-state index < -0.39 is 12.1 Å². The van der Waals surface area contributed by atoms with Gasteiger partial charge < -0.3 is 14.7 Å². The Labute approximate surface area is 142 Å². The Hall–Kier alpha value is -1.25. The van der Waals surface area contributed by atoms with Gasteiger partial charge in [0.1, 0.15) is 12.6 Å². The highest BCUT2D eigenvalue weighted by Crippen LogP contribution is 2.24. The number of likely N-dealkylation sites (tertiary alicyclic amines) is 1. The van der Waals surface area contributed by atoms with Gasteiger partial charge in [-0.2, -0.15) is 12.6 Å². The third-order valence-corrected chi connectivity index (χ3v) is 4.60. The summed E-state index contributed by atoms with van der Waals surface area (Å²) in [4.78, 5) is 30.2. The molecule has 0 aromatic heterocycles. The van der Waals surface area contributed by atoms with Gasteiger partial charge in [0.05, 0.1) is 6.61 Å². The van der Waals surface area contributed by atoms with Gasteiger partial charge in [0.25, 0.3) is 0 Å². The van der Waals surface area contributed by atoms with Gasteiger partial charge >= 0.3 is 6.09 Å². The van der Waals surface area contributed by atoms with Crippen LogP contribution in [-0.2, 0) is 9.53 Å². The highest BCUT2D eigenvalue weighted by molar-refractivity contribution is 7.81. The van der Waals surface area contributed by atoms with E-state index in [1.54, 1.807) is 4.90 Å². The van der Waals surface area contributed by atoms with Gasteiger partial charge in [-0.1, -0.05) is 12.7 Å². The number of carbonyl (C=O) groups excluding carboxylic acids is 2. The Bertz CT molecular complexity index is 440. The minimum atomic E-state index is -0.501. The maximum Gasteiger partial charge on any atom is 0.410 e. The first kappa shape index (κ1) is 18.1. The number of piperazine rings is 1.